The largest absolute Gasteiger partial charge is 0.381 e. The summed E-state index contributed by atoms with van der Waals surface area (Å²) in [6.07, 6.45) is 3.34. The van der Waals surface area contributed by atoms with Crippen LogP contribution < -0.4 is 0 Å². The van der Waals surface area contributed by atoms with Gasteiger partial charge in [0, 0.05) is 32.3 Å². The van der Waals surface area contributed by atoms with Crippen molar-refractivity contribution < 1.29 is 13.2 Å². The predicted molar refractivity (Wildman–Crippen MR) is 71.0 cm³/mol. The summed E-state index contributed by atoms with van der Waals surface area (Å²) in [4.78, 5) is 2.04. The van der Waals surface area contributed by atoms with Crippen molar-refractivity contribution in [1.29, 1.82) is 0 Å². The van der Waals surface area contributed by atoms with Crippen molar-refractivity contribution in [3.63, 3.8) is 0 Å². The molecule has 6 heteroatoms. The zero-order valence-corrected chi connectivity index (χ0v) is 12.2. The first kappa shape index (κ1) is 14.2. The van der Waals surface area contributed by atoms with Crippen molar-refractivity contribution in [3.05, 3.63) is 0 Å². The SMILES string of the molecule is CN(C)CCN(C1CCOCC1)S(=O)(=O)C1CC1. The van der Waals surface area contributed by atoms with Gasteiger partial charge in [-0.25, -0.2) is 8.42 Å². The third-order valence-corrected chi connectivity index (χ3v) is 6.09. The van der Waals surface area contributed by atoms with Gasteiger partial charge >= 0.3 is 0 Å². The molecular weight excluding hydrogens is 252 g/mol. The molecule has 0 aromatic heterocycles. The molecule has 0 bridgehead atoms. The highest BCUT2D eigenvalue weighted by molar-refractivity contribution is 7.90. The van der Waals surface area contributed by atoms with Crippen molar-refractivity contribution in [2.24, 2.45) is 0 Å². The van der Waals surface area contributed by atoms with Crippen molar-refractivity contribution in [2.75, 3.05) is 40.4 Å². The molecule has 1 saturated heterocycles. The van der Waals surface area contributed by atoms with Gasteiger partial charge < -0.3 is 9.64 Å². The Morgan fingerprint density at radius 1 is 1.06 bits per heavy atom. The van der Waals surface area contributed by atoms with Gasteiger partial charge in [0.1, 0.15) is 0 Å². The average molecular weight is 276 g/mol. The van der Waals surface area contributed by atoms with Crippen LogP contribution in [0, 0.1) is 0 Å². The summed E-state index contributed by atoms with van der Waals surface area (Å²) >= 11 is 0. The summed E-state index contributed by atoms with van der Waals surface area (Å²) in [5, 5.41) is -0.109. The minimum absolute atomic E-state index is 0.109. The van der Waals surface area contributed by atoms with Crippen LogP contribution in [0.2, 0.25) is 0 Å². The molecule has 0 aromatic carbocycles. The summed E-state index contributed by atoms with van der Waals surface area (Å²) in [6, 6.07) is 0.143. The molecule has 5 nitrogen and oxygen atoms in total. The molecule has 0 atom stereocenters. The fourth-order valence-corrected chi connectivity index (χ4v) is 4.42. The second-order valence-electron chi connectivity index (χ2n) is 5.50. The molecule has 0 amide bonds. The first-order chi connectivity index (χ1) is 8.51. The smallest absolute Gasteiger partial charge is 0.217 e. The first-order valence-electron chi connectivity index (χ1n) is 6.75. The number of likely N-dealkylation sites (N-methyl/N-ethyl adjacent to an activating group) is 1. The number of ether oxygens (including phenoxy) is 1. The van der Waals surface area contributed by atoms with E-state index in [0.29, 0.717) is 19.8 Å². The maximum atomic E-state index is 12.5. The topological polar surface area (TPSA) is 49.9 Å². The summed E-state index contributed by atoms with van der Waals surface area (Å²) < 4.78 is 32.0. The summed E-state index contributed by atoms with van der Waals surface area (Å²) in [5.41, 5.74) is 0. The highest BCUT2D eigenvalue weighted by Gasteiger charge is 2.42. The zero-order chi connectivity index (χ0) is 13.2. The molecular formula is C12H24N2O3S. The van der Waals surface area contributed by atoms with Gasteiger partial charge in [-0.1, -0.05) is 0 Å². The van der Waals surface area contributed by atoms with Gasteiger partial charge in [0.25, 0.3) is 0 Å². The highest BCUT2D eigenvalue weighted by atomic mass is 32.2. The zero-order valence-electron chi connectivity index (χ0n) is 11.3. The number of nitrogens with zero attached hydrogens (tertiary/aromatic N) is 2. The average Bonchev–Trinajstić information content (AvgIpc) is 3.14. The van der Waals surface area contributed by atoms with Gasteiger partial charge in [-0.2, -0.15) is 4.31 Å². The van der Waals surface area contributed by atoms with Crippen LogP contribution in [0.15, 0.2) is 0 Å². The van der Waals surface area contributed by atoms with Crippen LogP contribution in [-0.4, -0.2) is 69.3 Å². The number of hydrogen-bond acceptors (Lipinski definition) is 4. The van der Waals surface area contributed by atoms with Gasteiger partial charge in [-0.3, -0.25) is 0 Å². The molecule has 0 unspecified atom stereocenters. The Labute approximate surface area is 110 Å². The van der Waals surface area contributed by atoms with Gasteiger partial charge in [-0.05, 0) is 39.8 Å². The lowest BCUT2D eigenvalue weighted by atomic mass is 10.1. The second-order valence-corrected chi connectivity index (χ2v) is 7.67. The quantitative estimate of drug-likeness (QED) is 0.710. The molecule has 2 rings (SSSR count). The molecule has 0 aromatic rings. The lowest BCUT2D eigenvalue weighted by Gasteiger charge is -2.34. The lowest BCUT2D eigenvalue weighted by molar-refractivity contribution is 0.0572. The van der Waals surface area contributed by atoms with E-state index in [1.54, 1.807) is 4.31 Å². The summed E-state index contributed by atoms with van der Waals surface area (Å²) in [7, 11) is 0.884. The molecule has 1 saturated carbocycles. The van der Waals surface area contributed by atoms with E-state index in [-0.39, 0.29) is 11.3 Å². The van der Waals surface area contributed by atoms with Crippen LogP contribution in [-0.2, 0) is 14.8 Å². The normalized spacial score (nSPS) is 22.9. The second kappa shape index (κ2) is 5.86. The Morgan fingerprint density at radius 3 is 2.17 bits per heavy atom. The maximum absolute atomic E-state index is 12.5. The van der Waals surface area contributed by atoms with Gasteiger partial charge in [-0.15, -0.1) is 0 Å². The van der Waals surface area contributed by atoms with Crippen molar-refractivity contribution in [3.8, 4) is 0 Å². The molecule has 0 N–H and O–H groups in total. The molecule has 0 radical (unpaired) electrons. The van der Waals surface area contributed by atoms with Crippen molar-refractivity contribution in [2.45, 2.75) is 37.0 Å². The van der Waals surface area contributed by atoms with Crippen LogP contribution in [0.25, 0.3) is 0 Å². The van der Waals surface area contributed by atoms with E-state index in [9.17, 15) is 8.42 Å². The van der Waals surface area contributed by atoms with Gasteiger partial charge in [0.05, 0.1) is 5.25 Å². The maximum Gasteiger partial charge on any atom is 0.217 e. The molecule has 2 aliphatic rings. The van der Waals surface area contributed by atoms with Gasteiger partial charge in [0.2, 0.25) is 10.0 Å². The Balaban J connectivity index is 2.05. The standard InChI is InChI=1S/C12H24N2O3S/c1-13(2)7-8-14(11-5-9-17-10-6-11)18(15,16)12-3-4-12/h11-12H,3-10H2,1-2H3. The first-order valence-corrected chi connectivity index (χ1v) is 8.25. The molecule has 1 heterocycles. The van der Waals surface area contributed by atoms with E-state index < -0.39 is 10.0 Å². The van der Waals surface area contributed by atoms with Crippen molar-refractivity contribution >= 4 is 10.0 Å². The Morgan fingerprint density at radius 2 is 1.67 bits per heavy atom. The predicted octanol–water partition coefficient (Wildman–Crippen LogP) is 0.521. The molecule has 106 valence electrons. The summed E-state index contributed by atoms with van der Waals surface area (Å²) in [6.45, 7) is 2.76. The van der Waals surface area contributed by atoms with E-state index in [4.69, 9.17) is 4.74 Å². The van der Waals surface area contributed by atoms with Crippen LogP contribution in [0.4, 0.5) is 0 Å². The van der Waals surface area contributed by atoms with Crippen LogP contribution >= 0.6 is 0 Å². The molecule has 0 spiro atoms. The van der Waals surface area contributed by atoms with Gasteiger partial charge in [0.15, 0.2) is 0 Å². The van der Waals surface area contributed by atoms with Crippen LogP contribution in [0.5, 0.6) is 0 Å². The lowest BCUT2D eigenvalue weighted by Crippen LogP contribution is -2.47. The minimum atomic E-state index is -3.07. The monoisotopic (exact) mass is 276 g/mol. The van der Waals surface area contributed by atoms with Crippen LogP contribution in [0.3, 0.4) is 0 Å². The minimum Gasteiger partial charge on any atom is -0.381 e. The van der Waals surface area contributed by atoms with E-state index >= 15 is 0 Å². The van der Waals surface area contributed by atoms with Crippen molar-refractivity contribution in [1.82, 2.24) is 9.21 Å². The third-order valence-electron chi connectivity index (χ3n) is 3.64. The number of hydrogen-bond donors (Lipinski definition) is 0. The summed E-state index contributed by atoms with van der Waals surface area (Å²) in [5.74, 6) is 0. The molecule has 1 aliphatic carbocycles. The van der Waals surface area contributed by atoms with E-state index in [1.807, 2.05) is 19.0 Å². The Bertz CT molecular complexity index is 360. The Kier molecular flexibility index (Phi) is 4.64. The van der Waals surface area contributed by atoms with E-state index in [0.717, 1.165) is 32.2 Å². The molecule has 1 aliphatic heterocycles. The fraction of sp³-hybridized carbons (Fsp3) is 1.00. The number of rotatable bonds is 6. The third kappa shape index (κ3) is 3.44. The highest BCUT2D eigenvalue weighted by Crippen LogP contribution is 2.33. The van der Waals surface area contributed by atoms with Crippen LogP contribution in [0.1, 0.15) is 25.7 Å². The van der Waals surface area contributed by atoms with E-state index in [1.165, 1.54) is 0 Å². The Hall–Kier alpha value is -0.170. The molecule has 2 fully saturated rings. The van der Waals surface area contributed by atoms with E-state index in [2.05, 4.69) is 0 Å². The molecule has 18 heavy (non-hydrogen) atoms. The number of sulfonamides is 1. The fourth-order valence-electron chi connectivity index (χ4n) is 2.35.